The fraction of sp³-hybridized carbons (Fsp3) is 0.375. The van der Waals surface area contributed by atoms with Crippen LogP contribution in [0.25, 0.3) is 0 Å². The van der Waals surface area contributed by atoms with Gasteiger partial charge in [-0.2, -0.15) is 4.31 Å². The quantitative estimate of drug-likeness (QED) is 0.701. The SMILES string of the molecule is CCCCCN(CC(=O)Nc1ccon1)S(=O)(=O)c1ccccc1. The van der Waals surface area contributed by atoms with E-state index in [2.05, 4.69) is 15.0 Å². The Morgan fingerprint density at radius 3 is 2.58 bits per heavy atom. The van der Waals surface area contributed by atoms with Crippen molar-refractivity contribution in [3.05, 3.63) is 42.7 Å². The maximum absolute atomic E-state index is 12.8. The van der Waals surface area contributed by atoms with Crippen LogP contribution in [0.4, 0.5) is 5.82 Å². The number of amides is 1. The molecule has 0 atom stereocenters. The Labute approximate surface area is 141 Å². The first-order valence-electron chi connectivity index (χ1n) is 7.79. The maximum atomic E-state index is 12.8. The van der Waals surface area contributed by atoms with Crippen molar-refractivity contribution >= 4 is 21.7 Å². The standard InChI is InChI=1S/C16H21N3O4S/c1-2-3-7-11-19(13-16(20)17-15-10-12-23-18-15)24(21,22)14-8-5-4-6-9-14/h4-6,8-10,12H,2-3,7,11,13H2,1H3,(H,17,18,20). The zero-order valence-electron chi connectivity index (χ0n) is 13.5. The highest BCUT2D eigenvalue weighted by molar-refractivity contribution is 7.89. The van der Waals surface area contributed by atoms with Gasteiger partial charge in [-0.25, -0.2) is 8.42 Å². The minimum Gasteiger partial charge on any atom is -0.363 e. The first-order valence-corrected chi connectivity index (χ1v) is 9.23. The molecule has 1 aromatic carbocycles. The number of aromatic nitrogens is 1. The normalized spacial score (nSPS) is 11.6. The minimum atomic E-state index is -3.73. The topological polar surface area (TPSA) is 92.5 Å². The molecular weight excluding hydrogens is 330 g/mol. The molecule has 0 radical (unpaired) electrons. The lowest BCUT2D eigenvalue weighted by Gasteiger charge is -2.21. The second-order valence-electron chi connectivity index (χ2n) is 5.29. The van der Waals surface area contributed by atoms with Crippen LogP contribution in [-0.2, 0) is 14.8 Å². The number of nitrogens with one attached hydrogen (secondary N) is 1. The van der Waals surface area contributed by atoms with Crippen LogP contribution in [0.3, 0.4) is 0 Å². The van der Waals surface area contributed by atoms with Crippen LogP contribution in [0.15, 0.2) is 52.1 Å². The van der Waals surface area contributed by atoms with Crippen LogP contribution in [0.5, 0.6) is 0 Å². The van der Waals surface area contributed by atoms with Gasteiger partial charge in [0.25, 0.3) is 0 Å². The van der Waals surface area contributed by atoms with E-state index < -0.39 is 15.9 Å². The summed E-state index contributed by atoms with van der Waals surface area (Å²) in [5, 5.41) is 6.10. The molecule has 0 saturated heterocycles. The van der Waals surface area contributed by atoms with Crippen LogP contribution in [0, 0.1) is 0 Å². The molecule has 1 amide bonds. The van der Waals surface area contributed by atoms with Gasteiger partial charge >= 0.3 is 0 Å². The van der Waals surface area contributed by atoms with Crippen molar-refractivity contribution < 1.29 is 17.7 Å². The zero-order valence-corrected chi connectivity index (χ0v) is 14.3. The van der Waals surface area contributed by atoms with Crippen molar-refractivity contribution in [2.45, 2.75) is 31.1 Å². The fourth-order valence-electron chi connectivity index (χ4n) is 2.18. The van der Waals surface area contributed by atoms with E-state index in [1.807, 2.05) is 6.92 Å². The molecule has 1 aromatic heterocycles. The van der Waals surface area contributed by atoms with Crippen LogP contribution >= 0.6 is 0 Å². The lowest BCUT2D eigenvalue weighted by Crippen LogP contribution is -2.38. The van der Waals surface area contributed by atoms with E-state index in [4.69, 9.17) is 0 Å². The summed E-state index contributed by atoms with van der Waals surface area (Å²) < 4.78 is 31.4. The average Bonchev–Trinajstić information content (AvgIpc) is 3.07. The van der Waals surface area contributed by atoms with Gasteiger partial charge in [0.2, 0.25) is 15.9 Å². The molecule has 0 saturated carbocycles. The van der Waals surface area contributed by atoms with Crippen molar-refractivity contribution in [3.8, 4) is 0 Å². The second kappa shape index (κ2) is 8.60. The van der Waals surface area contributed by atoms with E-state index in [1.54, 1.807) is 18.2 Å². The van der Waals surface area contributed by atoms with Crippen LogP contribution in [-0.4, -0.2) is 36.9 Å². The van der Waals surface area contributed by atoms with E-state index in [-0.39, 0.29) is 23.8 Å². The van der Waals surface area contributed by atoms with E-state index in [1.165, 1.54) is 28.8 Å². The molecule has 0 spiro atoms. The third-order valence-corrected chi connectivity index (χ3v) is 5.28. The minimum absolute atomic E-state index is 0.177. The first kappa shape index (κ1) is 18.2. The number of unbranched alkanes of at least 4 members (excludes halogenated alkanes) is 2. The van der Waals surface area contributed by atoms with Crippen LogP contribution in [0.2, 0.25) is 0 Å². The van der Waals surface area contributed by atoms with E-state index in [9.17, 15) is 13.2 Å². The van der Waals surface area contributed by atoms with Crippen LogP contribution in [0.1, 0.15) is 26.2 Å². The number of hydrogen-bond donors (Lipinski definition) is 1. The third-order valence-electron chi connectivity index (χ3n) is 3.42. The van der Waals surface area contributed by atoms with E-state index >= 15 is 0 Å². The fourth-order valence-corrected chi connectivity index (χ4v) is 3.64. The predicted molar refractivity (Wildman–Crippen MR) is 89.9 cm³/mol. The monoisotopic (exact) mass is 351 g/mol. The van der Waals surface area contributed by atoms with Crippen molar-refractivity contribution in [1.82, 2.24) is 9.46 Å². The first-order chi connectivity index (χ1) is 11.5. The Balaban J connectivity index is 2.13. The number of sulfonamides is 1. The number of nitrogens with zero attached hydrogens (tertiary/aromatic N) is 2. The van der Waals surface area contributed by atoms with Gasteiger partial charge in [0.1, 0.15) is 6.26 Å². The average molecular weight is 351 g/mol. The molecule has 0 bridgehead atoms. The molecule has 2 rings (SSSR count). The lowest BCUT2D eigenvalue weighted by molar-refractivity contribution is -0.116. The molecule has 1 N–H and O–H groups in total. The lowest BCUT2D eigenvalue weighted by atomic mass is 10.2. The number of anilines is 1. The molecule has 8 heteroatoms. The van der Waals surface area contributed by atoms with Crippen molar-refractivity contribution in [2.24, 2.45) is 0 Å². The van der Waals surface area contributed by atoms with Gasteiger partial charge in [0, 0.05) is 12.6 Å². The van der Waals surface area contributed by atoms with Gasteiger partial charge in [0.05, 0.1) is 11.4 Å². The summed E-state index contributed by atoms with van der Waals surface area (Å²) >= 11 is 0. The smallest absolute Gasteiger partial charge is 0.243 e. The molecule has 130 valence electrons. The largest absolute Gasteiger partial charge is 0.363 e. The molecule has 0 aliphatic rings. The summed E-state index contributed by atoms with van der Waals surface area (Å²) in [6, 6.07) is 9.61. The summed E-state index contributed by atoms with van der Waals surface area (Å²) in [7, 11) is -3.73. The van der Waals surface area contributed by atoms with Crippen molar-refractivity contribution in [1.29, 1.82) is 0 Å². The Morgan fingerprint density at radius 1 is 1.21 bits per heavy atom. The van der Waals surface area contributed by atoms with Gasteiger partial charge in [-0.05, 0) is 18.6 Å². The number of carbonyl (C=O) groups excluding carboxylic acids is 1. The summed E-state index contributed by atoms with van der Waals surface area (Å²) in [6.45, 7) is 2.05. The second-order valence-corrected chi connectivity index (χ2v) is 7.23. The summed E-state index contributed by atoms with van der Waals surface area (Å²) in [4.78, 5) is 12.3. The highest BCUT2D eigenvalue weighted by atomic mass is 32.2. The molecule has 0 aliphatic carbocycles. The highest BCUT2D eigenvalue weighted by Gasteiger charge is 2.26. The molecule has 0 fully saturated rings. The molecular formula is C16H21N3O4S. The summed E-state index contributed by atoms with van der Waals surface area (Å²) in [5.41, 5.74) is 0. The highest BCUT2D eigenvalue weighted by Crippen LogP contribution is 2.16. The Hall–Kier alpha value is -2.19. The van der Waals surface area contributed by atoms with E-state index in [0.29, 0.717) is 6.42 Å². The Bertz CT molecular complexity index is 730. The summed E-state index contributed by atoms with van der Waals surface area (Å²) in [5.74, 6) is -0.203. The van der Waals surface area contributed by atoms with Gasteiger partial charge in [-0.1, -0.05) is 43.1 Å². The van der Waals surface area contributed by atoms with Crippen molar-refractivity contribution in [2.75, 3.05) is 18.4 Å². The van der Waals surface area contributed by atoms with Crippen molar-refractivity contribution in [3.63, 3.8) is 0 Å². The Kier molecular flexibility index (Phi) is 6.51. The van der Waals surface area contributed by atoms with Crippen LogP contribution < -0.4 is 5.32 Å². The molecule has 7 nitrogen and oxygen atoms in total. The molecule has 2 aromatic rings. The molecule has 0 aliphatic heterocycles. The van der Waals surface area contributed by atoms with E-state index in [0.717, 1.165) is 12.8 Å². The van der Waals surface area contributed by atoms with Gasteiger partial charge < -0.3 is 9.84 Å². The third kappa shape index (κ3) is 4.90. The number of benzene rings is 1. The summed E-state index contributed by atoms with van der Waals surface area (Å²) in [6.07, 6.45) is 3.88. The molecule has 24 heavy (non-hydrogen) atoms. The molecule has 1 heterocycles. The molecule has 0 unspecified atom stereocenters. The maximum Gasteiger partial charge on any atom is 0.243 e. The zero-order chi connectivity index (χ0) is 17.4. The number of rotatable bonds is 9. The number of carbonyl (C=O) groups is 1. The Morgan fingerprint density at radius 2 is 1.96 bits per heavy atom. The van der Waals surface area contributed by atoms with Gasteiger partial charge in [-0.3, -0.25) is 4.79 Å². The number of hydrogen-bond acceptors (Lipinski definition) is 5. The predicted octanol–water partition coefficient (Wildman–Crippen LogP) is 2.49. The van der Waals surface area contributed by atoms with Gasteiger partial charge in [-0.15, -0.1) is 0 Å². The van der Waals surface area contributed by atoms with Gasteiger partial charge in [0.15, 0.2) is 5.82 Å².